The van der Waals surface area contributed by atoms with E-state index in [9.17, 15) is 0 Å². The van der Waals surface area contributed by atoms with Gasteiger partial charge in [-0.1, -0.05) is 11.6 Å². The van der Waals surface area contributed by atoms with E-state index in [1.165, 1.54) is 12.0 Å². The highest BCUT2D eigenvalue weighted by Crippen LogP contribution is 2.26. The lowest BCUT2D eigenvalue weighted by atomic mass is 10.1. The summed E-state index contributed by atoms with van der Waals surface area (Å²) in [6, 6.07) is 6.38. The highest BCUT2D eigenvalue weighted by Gasteiger charge is 2.25. The van der Waals surface area contributed by atoms with Gasteiger partial charge < -0.3 is 15.5 Å². The Hall–Kier alpha value is -1.83. The zero-order valence-corrected chi connectivity index (χ0v) is 18.5. The van der Waals surface area contributed by atoms with Gasteiger partial charge in [-0.15, -0.1) is 11.3 Å². The van der Waals surface area contributed by atoms with Crippen molar-refractivity contribution in [2.45, 2.75) is 32.4 Å². The molecule has 2 N–H and O–H groups in total. The number of thiophene rings is 1. The zero-order chi connectivity index (χ0) is 20.1. The van der Waals surface area contributed by atoms with Gasteiger partial charge in [-0.3, -0.25) is 9.89 Å². The maximum atomic E-state index is 6.31. The highest BCUT2D eigenvalue weighted by molar-refractivity contribution is 7.10. The topological polar surface area (TPSA) is 55.8 Å². The van der Waals surface area contributed by atoms with Crippen molar-refractivity contribution in [3.05, 3.63) is 45.2 Å². The molecule has 29 heavy (non-hydrogen) atoms. The van der Waals surface area contributed by atoms with E-state index < -0.39 is 0 Å². The van der Waals surface area contributed by atoms with Gasteiger partial charge in [-0.2, -0.15) is 0 Å². The number of rotatable bonds is 6. The summed E-state index contributed by atoms with van der Waals surface area (Å²) in [6.07, 6.45) is 4.01. The summed E-state index contributed by atoms with van der Waals surface area (Å²) in [6.45, 7) is 8.78. The van der Waals surface area contributed by atoms with Crippen molar-refractivity contribution in [2.75, 3.05) is 44.2 Å². The van der Waals surface area contributed by atoms with E-state index in [4.69, 9.17) is 16.6 Å². The molecule has 1 unspecified atom stereocenters. The SMILES string of the molecule is CCNC(=NCCN1CCc2sccc2C1)NC1CCN(c2ncccc2Cl)C1. The third kappa shape index (κ3) is 5.21. The van der Waals surface area contributed by atoms with Crippen LogP contribution in [-0.2, 0) is 13.0 Å². The first-order chi connectivity index (χ1) is 14.2. The molecule has 1 saturated heterocycles. The van der Waals surface area contributed by atoms with Crippen LogP contribution in [0.3, 0.4) is 0 Å². The number of anilines is 1. The summed E-state index contributed by atoms with van der Waals surface area (Å²) in [4.78, 5) is 15.6. The lowest BCUT2D eigenvalue weighted by molar-refractivity contribution is 0.263. The summed E-state index contributed by atoms with van der Waals surface area (Å²) in [5.41, 5.74) is 1.49. The number of nitrogens with zero attached hydrogens (tertiary/aromatic N) is 4. The first kappa shape index (κ1) is 20.4. The summed E-state index contributed by atoms with van der Waals surface area (Å²) >= 11 is 8.20. The van der Waals surface area contributed by atoms with Crippen LogP contribution in [0.5, 0.6) is 0 Å². The molecule has 4 heterocycles. The van der Waals surface area contributed by atoms with E-state index in [0.717, 1.165) is 64.0 Å². The molecule has 2 aliphatic rings. The fraction of sp³-hybridized carbons (Fsp3) is 0.524. The average Bonchev–Trinajstić information content (AvgIpc) is 3.37. The third-order valence-electron chi connectivity index (χ3n) is 5.48. The molecule has 8 heteroatoms. The second-order valence-corrected chi connectivity index (χ2v) is 8.95. The Balaban J connectivity index is 1.28. The molecular weight excluding hydrogens is 404 g/mol. The van der Waals surface area contributed by atoms with Gasteiger partial charge in [0.1, 0.15) is 5.82 Å². The molecule has 0 saturated carbocycles. The normalized spacial score (nSPS) is 20.0. The Kier molecular flexibility index (Phi) is 6.90. The standard InChI is InChI=1S/C21H29ClN6S/c1-2-23-21(25-9-12-27-10-6-19-16(14-27)7-13-29-19)26-17-5-11-28(15-17)20-18(22)4-3-8-24-20/h3-4,7-8,13,17H,2,5-6,9-12,14-15H2,1H3,(H2,23,25,26). The van der Waals surface area contributed by atoms with Crippen molar-refractivity contribution in [1.29, 1.82) is 0 Å². The maximum absolute atomic E-state index is 6.31. The largest absolute Gasteiger partial charge is 0.357 e. The second kappa shape index (κ2) is 9.78. The molecule has 0 radical (unpaired) electrons. The molecule has 1 atom stereocenters. The van der Waals surface area contributed by atoms with Gasteiger partial charge in [0.2, 0.25) is 0 Å². The molecule has 0 aromatic carbocycles. The molecule has 6 nitrogen and oxygen atoms in total. The van der Waals surface area contributed by atoms with Crippen LogP contribution in [-0.4, -0.2) is 61.2 Å². The van der Waals surface area contributed by atoms with Gasteiger partial charge in [-0.05, 0) is 48.9 Å². The lowest BCUT2D eigenvalue weighted by Crippen LogP contribution is -2.45. The van der Waals surface area contributed by atoms with E-state index in [0.29, 0.717) is 11.1 Å². The summed E-state index contributed by atoms with van der Waals surface area (Å²) in [5, 5.41) is 9.90. The first-order valence-electron chi connectivity index (χ1n) is 10.4. The number of aromatic nitrogens is 1. The van der Waals surface area contributed by atoms with Crippen LogP contribution in [0, 0.1) is 0 Å². The van der Waals surface area contributed by atoms with Crippen LogP contribution in [0.25, 0.3) is 0 Å². The predicted molar refractivity (Wildman–Crippen MR) is 122 cm³/mol. The molecular formula is C21H29ClN6S. The van der Waals surface area contributed by atoms with E-state index in [2.05, 4.69) is 43.8 Å². The molecule has 0 spiro atoms. The quantitative estimate of drug-likeness (QED) is 0.543. The van der Waals surface area contributed by atoms with Crippen molar-refractivity contribution in [2.24, 2.45) is 4.99 Å². The fourth-order valence-corrected chi connectivity index (χ4v) is 5.13. The van der Waals surface area contributed by atoms with Gasteiger partial charge >= 0.3 is 0 Å². The van der Waals surface area contributed by atoms with Gasteiger partial charge in [0.05, 0.1) is 11.6 Å². The zero-order valence-electron chi connectivity index (χ0n) is 16.9. The highest BCUT2D eigenvalue weighted by atomic mass is 35.5. The number of halogens is 1. The van der Waals surface area contributed by atoms with Crippen LogP contribution < -0.4 is 15.5 Å². The summed E-state index contributed by atoms with van der Waals surface area (Å²) in [7, 11) is 0. The van der Waals surface area contributed by atoms with Crippen LogP contribution in [0.15, 0.2) is 34.8 Å². The minimum absolute atomic E-state index is 0.342. The van der Waals surface area contributed by atoms with E-state index >= 15 is 0 Å². The Morgan fingerprint density at radius 1 is 1.38 bits per heavy atom. The van der Waals surface area contributed by atoms with Crippen LogP contribution >= 0.6 is 22.9 Å². The third-order valence-corrected chi connectivity index (χ3v) is 6.80. The number of nitrogens with one attached hydrogen (secondary N) is 2. The number of hydrogen-bond donors (Lipinski definition) is 2. The molecule has 2 aromatic heterocycles. The van der Waals surface area contributed by atoms with E-state index in [1.807, 2.05) is 23.5 Å². The minimum atomic E-state index is 0.342. The fourth-order valence-electron chi connectivity index (χ4n) is 3.99. The Bertz CT molecular complexity index is 838. The molecule has 1 fully saturated rings. The average molecular weight is 433 g/mol. The Morgan fingerprint density at radius 3 is 3.17 bits per heavy atom. The number of aliphatic imine (C=N–C) groups is 1. The number of pyridine rings is 1. The van der Waals surface area contributed by atoms with Crippen LogP contribution in [0.2, 0.25) is 5.02 Å². The van der Waals surface area contributed by atoms with Crippen molar-refractivity contribution in [1.82, 2.24) is 20.5 Å². The van der Waals surface area contributed by atoms with Crippen LogP contribution in [0.1, 0.15) is 23.8 Å². The number of hydrogen-bond acceptors (Lipinski definition) is 5. The summed E-state index contributed by atoms with van der Waals surface area (Å²) in [5.74, 6) is 1.78. The predicted octanol–water partition coefficient (Wildman–Crippen LogP) is 2.99. The molecule has 2 aliphatic heterocycles. The molecule has 0 amide bonds. The van der Waals surface area contributed by atoms with Gasteiger partial charge in [0, 0.05) is 56.4 Å². The van der Waals surface area contributed by atoms with Crippen molar-refractivity contribution < 1.29 is 0 Å². The van der Waals surface area contributed by atoms with E-state index in [-0.39, 0.29) is 0 Å². The number of fused-ring (bicyclic) bond motifs is 1. The van der Waals surface area contributed by atoms with Crippen molar-refractivity contribution in [3.63, 3.8) is 0 Å². The molecule has 0 bridgehead atoms. The second-order valence-electron chi connectivity index (χ2n) is 7.54. The van der Waals surface area contributed by atoms with E-state index in [1.54, 1.807) is 11.1 Å². The lowest BCUT2D eigenvalue weighted by Gasteiger charge is -2.26. The van der Waals surface area contributed by atoms with Gasteiger partial charge in [0.25, 0.3) is 0 Å². The Labute approximate surface area is 182 Å². The van der Waals surface area contributed by atoms with Gasteiger partial charge in [-0.25, -0.2) is 4.98 Å². The summed E-state index contributed by atoms with van der Waals surface area (Å²) < 4.78 is 0. The number of guanidine groups is 1. The molecule has 156 valence electrons. The molecule has 2 aromatic rings. The molecule has 0 aliphatic carbocycles. The van der Waals surface area contributed by atoms with Crippen molar-refractivity contribution >= 4 is 34.7 Å². The van der Waals surface area contributed by atoms with Crippen molar-refractivity contribution in [3.8, 4) is 0 Å². The van der Waals surface area contributed by atoms with Gasteiger partial charge in [0.15, 0.2) is 5.96 Å². The monoisotopic (exact) mass is 432 g/mol. The minimum Gasteiger partial charge on any atom is -0.357 e. The smallest absolute Gasteiger partial charge is 0.191 e. The Morgan fingerprint density at radius 2 is 2.31 bits per heavy atom. The molecule has 4 rings (SSSR count). The van der Waals surface area contributed by atoms with Crippen LogP contribution in [0.4, 0.5) is 5.82 Å². The first-order valence-corrected chi connectivity index (χ1v) is 11.7. The maximum Gasteiger partial charge on any atom is 0.191 e.